The van der Waals surface area contributed by atoms with E-state index in [0.29, 0.717) is 0 Å². The Bertz CT molecular complexity index is 1180. The van der Waals surface area contributed by atoms with E-state index in [-0.39, 0.29) is 0 Å². The molecular weight excluding hydrogens is 388 g/mol. The predicted octanol–water partition coefficient (Wildman–Crippen LogP) is 6.81. The van der Waals surface area contributed by atoms with Crippen molar-refractivity contribution in [1.29, 1.82) is 0 Å². The highest BCUT2D eigenvalue weighted by molar-refractivity contribution is 6.31. The Morgan fingerprint density at radius 2 is 1.83 bits per heavy atom. The molecule has 0 aliphatic carbocycles. The Balaban J connectivity index is 1.56. The summed E-state index contributed by atoms with van der Waals surface area (Å²) in [4.78, 5) is 2.33. The van der Waals surface area contributed by atoms with Crippen molar-refractivity contribution in [2.75, 3.05) is 11.4 Å². The number of aromatic nitrogens is 1. The molecule has 0 spiro atoms. The largest absolute Gasteiger partial charge is 0.341 e. The van der Waals surface area contributed by atoms with Crippen LogP contribution in [0.15, 0.2) is 90.8 Å². The first-order chi connectivity index (χ1) is 14.7. The summed E-state index contributed by atoms with van der Waals surface area (Å²) in [6, 6.07) is 16.9. The lowest BCUT2D eigenvalue weighted by molar-refractivity contribution is -0.667. The van der Waals surface area contributed by atoms with Crippen LogP contribution in [0.4, 0.5) is 5.69 Å². The summed E-state index contributed by atoms with van der Waals surface area (Å²) in [5, 5.41) is 1.92. The van der Waals surface area contributed by atoms with Gasteiger partial charge in [0, 0.05) is 24.0 Å². The van der Waals surface area contributed by atoms with Gasteiger partial charge in [0.15, 0.2) is 6.20 Å². The average Bonchev–Trinajstić information content (AvgIpc) is 2.78. The first-order valence-electron chi connectivity index (χ1n) is 10.4. The topological polar surface area (TPSA) is 7.12 Å². The average molecular weight is 414 g/mol. The van der Waals surface area contributed by atoms with Crippen LogP contribution in [0, 0.1) is 0 Å². The van der Waals surface area contributed by atoms with Crippen molar-refractivity contribution in [1.82, 2.24) is 0 Å². The number of hydrogen-bond acceptors (Lipinski definition) is 1. The quantitative estimate of drug-likeness (QED) is 0.329. The van der Waals surface area contributed by atoms with Crippen LogP contribution in [0.1, 0.15) is 25.0 Å². The Hall–Kier alpha value is -3.10. The highest BCUT2D eigenvalue weighted by Gasteiger charge is 2.14. The predicted molar refractivity (Wildman–Crippen MR) is 130 cm³/mol. The number of anilines is 1. The summed E-state index contributed by atoms with van der Waals surface area (Å²) in [6.45, 7) is 6.14. The van der Waals surface area contributed by atoms with Crippen LogP contribution < -0.4 is 9.47 Å². The molecule has 0 fully saturated rings. The van der Waals surface area contributed by atoms with E-state index >= 15 is 0 Å². The second kappa shape index (κ2) is 9.15. The zero-order chi connectivity index (χ0) is 20.9. The fourth-order valence-corrected chi connectivity index (χ4v) is 4.16. The molecule has 0 unspecified atom stereocenters. The smallest absolute Gasteiger partial charge is 0.213 e. The molecule has 0 saturated carbocycles. The highest BCUT2D eigenvalue weighted by atomic mass is 35.5. The molecule has 2 heterocycles. The van der Waals surface area contributed by atoms with Crippen LogP contribution in [-0.4, -0.2) is 6.54 Å². The van der Waals surface area contributed by atoms with E-state index in [1.807, 2.05) is 12.3 Å². The third-order valence-corrected chi connectivity index (χ3v) is 5.59. The molecule has 0 amide bonds. The van der Waals surface area contributed by atoms with Crippen molar-refractivity contribution >= 4 is 40.3 Å². The summed E-state index contributed by atoms with van der Waals surface area (Å²) in [5.41, 5.74) is 6.08. The van der Waals surface area contributed by atoms with Crippen LogP contribution in [-0.2, 0) is 6.54 Å². The fraction of sp³-hybridized carbons (Fsp3) is 0.148. The van der Waals surface area contributed by atoms with Gasteiger partial charge in [-0.3, -0.25) is 0 Å². The zero-order valence-electron chi connectivity index (χ0n) is 17.4. The molecular formula is C27H26ClN2+. The third-order valence-electron chi connectivity index (χ3n) is 5.38. The monoisotopic (exact) mass is 413 g/mol. The molecule has 0 bridgehead atoms. The van der Waals surface area contributed by atoms with Crippen molar-refractivity contribution in [3.63, 3.8) is 0 Å². The summed E-state index contributed by atoms with van der Waals surface area (Å²) >= 11 is 6.33. The first kappa shape index (κ1) is 20.2. The van der Waals surface area contributed by atoms with Gasteiger partial charge in [-0.15, -0.1) is 0 Å². The van der Waals surface area contributed by atoms with Gasteiger partial charge in [0.2, 0.25) is 5.52 Å². The van der Waals surface area contributed by atoms with Crippen molar-refractivity contribution in [3.8, 4) is 0 Å². The fourth-order valence-electron chi connectivity index (χ4n) is 3.93. The summed E-state index contributed by atoms with van der Waals surface area (Å²) in [7, 11) is 0. The van der Waals surface area contributed by atoms with Crippen LogP contribution in [0.3, 0.4) is 0 Å². The standard InChI is InChI=1S/C27H26ClN2/c1-3-29-20-23(28)19-25-21(13-10-16-27(25)29)11-6-5-7-14-24-18-17-22-12-8-9-15-26(22)30(24)4-2/h5-20H,3-4H2,1-2H3/q+1. The van der Waals surface area contributed by atoms with Crippen LogP contribution in [0.5, 0.6) is 0 Å². The van der Waals surface area contributed by atoms with Gasteiger partial charge in [-0.2, -0.15) is 4.57 Å². The minimum absolute atomic E-state index is 0.759. The van der Waals surface area contributed by atoms with E-state index in [4.69, 9.17) is 11.6 Å². The lowest BCUT2D eigenvalue weighted by Crippen LogP contribution is -2.32. The van der Waals surface area contributed by atoms with E-state index in [1.165, 1.54) is 27.9 Å². The van der Waals surface area contributed by atoms with Gasteiger partial charge >= 0.3 is 0 Å². The molecule has 1 aliphatic rings. The van der Waals surface area contributed by atoms with Crippen LogP contribution in [0.25, 0.3) is 23.1 Å². The minimum atomic E-state index is 0.759. The molecule has 3 aromatic rings. The molecule has 2 aromatic carbocycles. The number of allylic oxidation sites excluding steroid dienone is 5. The molecule has 0 atom stereocenters. The molecule has 1 aromatic heterocycles. The van der Waals surface area contributed by atoms with E-state index in [1.54, 1.807) is 0 Å². The van der Waals surface area contributed by atoms with Gasteiger partial charge in [0.25, 0.3) is 0 Å². The van der Waals surface area contributed by atoms with Crippen molar-refractivity contribution in [2.24, 2.45) is 0 Å². The number of rotatable bonds is 5. The molecule has 1 aliphatic heterocycles. The number of likely N-dealkylation sites (N-methyl/N-ethyl adjacent to an activating group) is 1. The maximum absolute atomic E-state index is 6.33. The SMILES string of the molecule is CCN1C(=CC=CC=Cc2cccc3c2cc(Cl)c[n+]3CC)C=Cc2ccccc21. The lowest BCUT2D eigenvalue weighted by atomic mass is 10.1. The second-order valence-electron chi connectivity index (χ2n) is 7.20. The summed E-state index contributed by atoms with van der Waals surface area (Å²) in [5.74, 6) is 0. The number of hydrogen-bond donors (Lipinski definition) is 0. The summed E-state index contributed by atoms with van der Waals surface area (Å²) in [6.07, 6.45) is 16.9. The maximum Gasteiger partial charge on any atom is 0.213 e. The molecule has 3 heteroatoms. The number of nitrogens with zero attached hydrogens (tertiary/aromatic N) is 2. The van der Waals surface area contributed by atoms with Gasteiger partial charge in [-0.05, 0) is 49.3 Å². The number of benzene rings is 2. The Morgan fingerprint density at radius 3 is 2.67 bits per heavy atom. The zero-order valence-corrected chi connectivity index (χ0v) is 18.2. The van der Waals surface area contributed by atoms with Gasteiger partial charge in [-0.25, -0.2) is 0 Å². The molecule has 4 rings (SSSR count). The highest BCUT2D eigenvalue weighted by Crippen LogP contribution is 2.30. The molecule has 30 heavy (non-hydrogen) atoms. The molecule has 0 N–H and O–H groups in total. The van der Waals surface area contributed by atoms with Crippen molar-refractivity contribution in [2.45, 2.75) is 20.4 Å². The molecule has 150 valence electrons. The van der Waals surface area contributed by atoms with Gasteiger partial charge < -0.3 is 4.90 Å². The van der Waals surface area contributed by atoms with E-state index in [2.05, 4.69) is 108 Å². The van der Waals surface area contributed by atoms with Crippen molar-refractivity contribution in [3.05, 3.63) is 107 Å². The van der Waals surface area contributed by atoms with E-state index in [9.17, 15) is 0 Å². The molecule has 2 nitrogen and oxygen atoms in total. The normalized spacial score (nSPS) is 15.0. The van der Waals surface area contributed by atoms with Crippen LogP contribution in [0.2, 0.25) is 5.02 Å². The number of pyridine rings is 1. The van der Waals surface area contributed by atoms with E-state index in [0.717, 1.165) is 23.7 Å². The van der Waals surface area contributed by atoms with E-state index < -0.39 is 0 Å². The number of fused-ring (bicyclic) bond motifs is 2. The molecule has 0 saturated heterocycles. The molecule has 0 radical (unpaired) electrons. The van der Waals surface area contributed by atoms with Crippen LogP contribution >= 0.6 is 11.6 Å². The maximum atomic E-state index is 6.33. The number of para-hydroxylation sites is 1. The summed E-state index contributed by atoms with van der Waals surface area (Å²) < 4.78 is 2.18. The number of aryl methyl sites for hydroxylation is 1. The number of halogens is 1. The minimum Gasteiger partial charge on any atom is -0.341 e. The van der Waals surface area contributed by atoms with Gasteiger partial charge in [0.1, 0.15) is 11.6 Å². The lowest BCUT2D eigenvalue weighted by Gasteiger charge is -2.29. The second-order valence-corrected chi connectivity index (χ2v) is 7.63. The van der Waals surface area contributed by atoms with Gasteiger partial charge in [0.05, 0.1) is 5.39 Å². The van der Waals surface area contributed by atoms with Gasteiger partial charge in [-0.1, -0.05) is 72.3 Å². The third kappa shape index (κ3) is 4.10. The Morgan fingerprint density at radius 1 is 0.967 bits per heavy atom. The first-order valence-corrected chi connectivity index (χ1v) is 10.8. The Kier molecular flexibility index (Phi) is 6.15. The Labute approximate surface area is 183 Å². The van der Waals surface area contributed by atoms with Crippen molar-refractivity contribution < 1.29 is 4.57 Å².